The van der Waals surface area contributed by atoms with Gasteiger partial charge in [-0.2, -0.15) is 0 Å². The normalized spacial score (nSPS) is 17.3. The smallest absolute Gasteiger partial charge is 0.0297 e. The van der Waals surface area contributed by atoms with E-state index in [1.165, 1.54) is 96.3 Å². The first-order valence-corrected chi connectivity index (χ1v) is 12.5. The fourth-order valence-corrected chi connectivity index (χ4v) is 5.09. The van der Waals surface area contributed by atoms with E-state index in [0.29, 0.717) is 0 Å². The summed E-state index contributed by atoms with van der Waals surface area (Å²) >= 11 is 0. The summed E-state index contributed by atoms with van der Waals surface area (Å²) in [6, 6.07) is 0. The molecule has 1 aliphatic carbocycles. The van der Waals surface area contributed by atoms with Gasteiger partial charge in [-0.25, -0.2) is 0 Å². The maximum Gasteiger partial charge on any atom is -0.0297 e. The van der Waals surface area contributed by atoms with Crippen molar-refractivity contribution < 1.29 is 0 Å². The molecule has 0 saturated heterocycles. The molecule has 0 aromatic heterocycles. The van der Waals surface area contributed by atoms with Crippen LogP contribution in [0.4, 0.5) is 0 Å². The highest BCUT2D eigenvalue weighted by atomic mass is 14.4. The minimum atomic E-state index is 0.758. The van der Waals surface area contributed by atoms with E-state index < -0.39 is 0 Å². The molecule has 0 heterocycles. The van der Waals surface area contributed by atoms with E-state index in [2.05, 4.69) is 27.7 Å². The van der Waals surface area contributed by atoms with Gasteiger partial charge >= 0.3 is 0 Å². The molecule has 26 heavy (non-hydrogen) atoms. The number of hydrogen-bond donors (Lipinski definition) is 0. The maximum atomic E-state index is 2.36. The van der Waals surface area contributed by atoms with Gasteiger partial charge in [-0.05, 0) is 42.9 Å². The first kappa shape index (κ1) is 24.0. The highest BCUT2D eigenvalue weighted by Crippen LogP contribution is 2.44. The molecule has 156 valence electrons. The highest BCUT2D eigenvalue weighted by Gasteiger charge is 2.30. The maximum absolute atomic E-state index is 2.36. The molecule has 0 radical (unpaired) electrons. The second-order valence-electron chi connectivity index (χ2n) is 10.5. The van der Waals surface area contributed by atoms with E-state index in [1.54, 1.807) is 25.7 Å². The third kappa shape index (κ3) is 12.4. The molecule has 1 fully saturated rings. The topological polar surface area (TPSA) is 0 Å². The summed E-state index contributed by atoms with van der Waals surface area (Å²) in [6.07, 6.45) is 28.4. The van der Waals surface area contributed by atoms with Crippen molar-refractivity contribution in [2.75, 3.05) is 0 Å². The van der Waals surface area contributed by atoms with Crippen LogP contribution in [0.2, 0.25) is 0 Å². The molecule has 0 spiro atoms. The zero-order chi connectivity index (χ0) is 19.1. The quantitative estimate of drug-likeness (QED) is 0.239. The van der Waals surface area contributed by atoms with Crippen molar-refractivity contribution in [3.05, 3.63) is 0 Å². The lowest BCUT2D eigenvalue weighted by Crippen LogP contribution is -2.24. The van der Waals surface area contributed by atoms with E-state index >= 15 is 0 Å². The Morgan fingerprint density at radius 1 is 0.500 bits per heavy atom. The van der Waals surface area contributed by atoms with Gasteiger partial charge in [-0.1, -0.05) is 124 Å². The molecule has 0 unspecified atom stereocenters. The van der Waals surface area contributed by atoms with Crippen molar-refractivity contribution in [2.24, 2.45) is 17.3 Å². The zero-order valence-corrected chi connectivity index (χ0v) is 19.1. The van der Waals surface area contributed by atoms with Gasteiger partial charge in [0.05, 0.1) is 0 Å². The Labute approximate surface area is 167 Å². The summed E-state index contributed by atoms with van der Waals surface area (Å²) in [6.45, 7) is 9.43. The van der Waals surface area contributed by atoms with Crippen LogP contribution < -0.4 is 0 Å². The van der Waals surface area contributed by atoms with Crippen LogP contribution in [-0.4, -0.2) is 0 Å². The van der Waals surface area contributed by atoms with Gasteiger partial charge in [0.15, 0.2) is 0 Å². The molecular weight excluding hydrogens is 312 g/mol. The molecule has 0 N–H and O–H groups in total. The summed E-state index contributed by atoms with van der Waals surface area (Å²) in [5.41, 5.74) is 0.758. The third-order valence-electron chi connectivity index (χ3n) is 6.89. The third-order valence-corrected chi connectivity index (χ3v) is 6.89. The highest BCUT2D eigenvalue weighted by molar-refractivity contribution is 4.83. The number of hydrogen-bond acceptors (Lipinski definition) is 0. The van der Waals surface area contributed by atoms with Crippen molar-refractivity contribution in [3.8, 4) is 0 Å². The van der Waals surface area contributed by atoms with Gasteiger partial charge in [-0.3, -0.25) is 0 Å². The van der Waals surface area contributed by atoms with E-state index in [0.717, 1.165) is 17.3 Å². The molecule has 1 rings (SSSR count). The Balaban J connectivity index is 2.12. The van der Waals surface area contributed by atoms with Crippen molar-refractivity contribution in [1.29, 1.82) is 0 Å². The minimum Gasteiger partial charge on any atom is -0.0628 e. The van der Waals surface area contributed by atoms with Crippen LogP contribution in [-0.2, 0) is 0 Å². The van der Waals surface area contributed by atoms with Crippen LogP contribution >= 0.6 is 0 Å². The SMILES string of the molecule is CC(C)CCCCCCCC1(CCCCCCCC(C)C)CCCCC1. The molecule has 0 aromatic rings. The van der Waals surface area contributed by atoms with Gasteiger partial charge in [-0.15, -0.1) is 0 Å². The first-order chi connectivity index (χ1) is 12.5. The Bertz CT molecular complexity index is 271. The zero-order valence-electron chi connectivity index (χ0n) is 19.1. The van der Waals surface area contributed by atoms with Crippen LogP contribution in [0.3, 0.4) is 0 Å². The molecule has 0 atom stereocenters. The van der Waals surface area contributed by atoms with Gasteiger partial charge in [0, 0.05) is 0 Å². The van der Waals surface area contributed by atoms with E-state index in [4.69, 9.17) is 0 Å². The van der Waals surface area contributed by atoms with Crippen LogP contribution in [0.1, 0.15) is 150 Å². The molecular formula is C26H52. The van der Waals surface area contributed by atoms with Gasteiger partial charge in [0.25, 0.3) is 0 Å². The summed E-state index contributed by atoms with van der Waals surface area (Å²) in [7, 11) is 0. The van der Waals surface area contributed by atoms with E-state index in [1.807, 2.05) is 0 Å². The average molecular weight is 365 g/mol. The lowest BCUT2D eigenvalue weighted by molar-refractivity contribution is 0.146. The lowest BCUT2D eigenvalue weighted by atomic mass is 9.68. The van der Waals surface area contributed by atoms with Crippen molar-refractivity contribution in [2.45, 2.75) is 150 Å². The Morgan fingerprint density at radius 2 is 0.885 bits per heavy atom. The fourth-order valence-electron chi connectivity index (χ4n) is 5.09. The first-order valence-electron chi connectivity index (χ1n) is 12.5. The van der Waals surface area contributed by atoms with E-state index in [-0.39, 0.29) is 0 Å². The molecule has 0 aromatic carbocycles. The standard InChI is InChI=1S/C26H52/c1-24(2)18-12-7-5-9-14-20-26(22-16-11-17-23-26)21-15-10-6-8-13-19-25(3)4/h24-25H,5-23H2,1-4H3. The minimum absolute atomic E-state index is 0.758. The summed E-state index contributed by atoms with van der Waals surface area (Å²) in [4.78, 5) is 0. The largest absolute Gasteiger partial charge is 0.0628 e. The van der Waals surface area contributed by atoms with Crippen molar-refractivity contribution in [1.82, 2.24) is 0 Å². The molecule has 0 aliphatic heterocycles. The Hall–Kier alpha value is 0. The van der Waals surface area contributed by atoms with Gasteiger partial charge in [0.1, 0.15) is 0 Å². The van der Waals surface area contributed by atoms with Crippen molar-refractivity contribution in [3.63, 3.8) is 0 Å². The van der Waals surface area contributed by atoms with Crippen LogP contribution in [0.25, 0.3) is 0 Å². The molecule has 0 heteroatoms. The van der Waals surface area contributed by atoms with Crippen LogP contribution in [0, 0.1) is 17.3 Å². The van der Waals surface area contributed by atoms with Gasteiger partial charge < -0.3 is 0 Å². The monoisotopic (exact) mass is 364 g/mol. The predicted molar refractivity (Wildman–Crippen MR) is 120 cm³/mol. The molecule has 1 saturated carbocycles. The van der Waals surface area contributed by atoms with Crippen LogP contribution in [0.15, 0.2) is 0 Å². The van der Waals surface area contributed by atoms with Gasteiger partial charge in [0.2, 0.25) is 0 Å². The lowest BCUT2D eigenvalue weighted by Gasteiger charge is -2.38. The molecule has 0 nitrogen and oxygen atoms in total. The summed E-state index contributed by atoms with van der Waals surface area (Å²) < 4.78 is 0. The number of rotatable bonds is 16. The number of unbranched alkanes of at least 4 members (excludes halogenated alkanes) is 8. The molecule has 0 bridgehead atoms. The second-order valence-corrected chi connectivity index (χ2v) is 10.5. The fraction of sp³-hybridized carbons (Fsp3) is 1.00. The van der Waals surface area contributed by atoms with Crippen molar-refractivity contribution >= 4 is 0 Å². The summed E-state index contributed by atoms with van der Waals surface area (Å²) in [5, 5.41) is 0. The second kappa shape index (κ2) is 15.0. The molecule has 1 aliphatic rings. The predicted octanol–water partition coefficient (Wildman–Crippen LogP) is 9.71. The Kier molecular flexibility index (Phi) is 13.9. The van der Waals surface area contributed by atoms with Crippen LogP contribution in [0.5, 0.6) is 0 Å². The van der Waals surface area contributed by atoms with E-state index in [9.17, 15) is 0 Å². The summed E-state index contributed by atoms with van der Waals surface area (Å²) in [5.74, 6) is 1.79. The average Bonchev–Trinajstić information content (AvgIpc) is 2.60. The Morgan fingerprint density at radius 3 is 1.31 bits per heavy atom. The molecule has 0 amide bonds.